The van der Waals surface area contributed by atoms with Gasteiger partial charge in [0, 0.05) is 17.1 Å². The summed E-state index contributed by atoms with van der Waals surface area (Å²) in [5.41, 5.74) is 0.00438. The number of hydrogen-bond acceptors (Lipinski definition) is 0. The van der Waals surface area contributed by atoms with Gasteiger partial charge in [0.1, 0.15) is 0 Å². The van der Waals surface area contributed by atoms with Crippen LogP contribution in [0.2, 0.25) is 0 Å². The van der Waals surface area contributed by atoms with E-state index in [1.807, 2.05) is 0 Å². The quantitative estimate of drug-likeness (QED) is 0.577. The van der Waals surface area contributed by atoms with Crippen molar-refractivity contribution in [2.45, 2.75) is 77.5 Å². The predicted molar refractivity (Wildman–Crippen MR) is 89.2 cm³/mol. The van der Waals surface area contributed by atoms with Crippen LogP contribution in [0.5, 0.6) is 0 Å². The molecule has 1 radical (unpaired) electrons. The monoisotopic (exact) mass is 343 g/mol. The first kappa shape index (κ1) is 21.4. The number of nitrogens with zero attached hydrogens (tertiary/aromatic N) is 4. The summed E-state index contributed by atoms with van der Waals surface area (Å²) in [7, 11) is 0. The topological polar surface area (TPSA) is 56.4 Å². The van der Waals surface area contributed by atoms with Gasteiger partial charge in [-0.25, -0.2) is 0 Å². The molecular weight excluding hydrogens is 312 g/mol. The van der Waals surface area contributed by atoms with Crippen molar-refractivity contribution in [1.82, 2.24) is 0 Å². The molecule has 4 nitrogen and oxygen atoms in total. The van der Waals surface area contributed by atoms with Gasteiger partial charge in [-0.05, 0) is 0 Å². The minimum Gasteiger partial charge on any atom is -0.661 e. The Hall–Kier alpha value is 0.359. The first-order valence-corrected chi connectivity index (χ1v) is 7.91. The van der Waals surface area contributed by atoms with Crippen molar-refractivity contribution < 1.29 is 17.1 Å². The summed E-state index contributed by atoms with van der Waals surface area (Å²) in [6.07, 6.45) is 2.01. The molecule has 1 aliphatic heterocycles. The van der Waals surface area contributed by atoms with Crippen LogP contribution >= 0.6 is 0 Å². The Kier molecular flexibility index (Phi) is 9.65. The zero-order valence-electron chi connectivity index (χ0n) is 14.5. The molecule has 131 valence electrons. The molecule has 1 aliphatic rings. The Morgan fingerprint density at radius 3 is 1.33 bits per heavy atom. The molecule has 0 saturated carbocycles. The van der Waals surface area contributed by atoms with Crippen LogP contribution in [0.25, 0.3) is 21.3 Å². The van der Waals surface area contributed by atoms with Crippen molar-refractivity contribution in [3.05, 3.63) is 21.3 Å². The number of rotatable bonds is 0. The second-order valence-electron chi connectivity index (χ2n) is 7.31. The van der Waals surface area contributed by atoms with Gasteiger partial charge in [0.25, 0.3) is 0 Å². The average molecular weight is 344 g/mol. The van der Waals surface area contributed by atoms with E-state index in [1.54, 1.807) is 0 Å². The molecule has 0 aromatic heterocycles. The second-order valence-corrected chi connectivity index (χ2v) is 7.31. The molecule has 0 N–H and O–H groups in total. The summed E-state index contributed by atoms with van der Waals surface area (Å²) in [4.78, 5) is 0. The third-order valence-electron chi connectivity index (χ3n) is 3.75. The van der Waals surface area contributed by atoms with Gasteiger partial charge in [-0.1, -0.05) is 54.4 Å². The van der Waals surface area contributed by atoms with Crippen molar-refractivity contribution in [3.63, 3.8) is 0 Å². The van der Waals surface area contributed by atoms with E-state index in [2.05, 4.69) is 41.5 Å². The van der Waals surface area contributed by atoms with Gasteiger partial charge in [0.05, 0.1) is 0 Å². The maximum atomic E-state index is 4.79. The Morgan fingerprint density at radius 1 is 0.667 bits per heavy atom. The second kappa shape index (κ2) is 9.49. The Labute approximate surface area is 142 Å². The van der Waals surface area contributed by atoms with Crippen molar-refractivity contribution in [2.75, 3.05) is 26.2 Å². The first-order valence-electron chi connectivity index (χ1n) is 7.91. The molecule has 2 unspecified atom stereocenters. The molecule has 1 fully saturated rings. The summed E-state index contributed by atoms with van der Waals surface area (Å²) in [5, 5.41) is 19.0. The molecular formula is C16H32CuN4-4. The molecule has 0 bridgehead atoms. The van der Waals surface area contributed by atoms with Crippen molar-refractivity contribution in [1.29, 1.82) is 0 Å². The molecule has 1 heterocycles. The van der Waals surface area contributed by atoms with Crippen LogP contribution in [0.1, 0.15) is 54.4 Å². The molecule has 0 aromatic rings. The maximum Gasteiger partial charge on any atom is 0 e. The van der Waals surface area contributed by atoms with E-state index in [9.17, 15) is 0 Å². The van der Waals surface area contributed by atoms with Gasteiger partial charge in [-0.2, -0.15) is 26.2 Å². The van der Waals surface area contributed by atoms with Crippen LogP contribution in [0.4, 0.5) is 0 Å². The molecule has 0 spiro atoms. The van der Waals surface area contributed by atoms with Crippen LogP contribution in [0, 0.1) is 0 Å². The summed E-state index contributed by atoms with van der Waals surface area (Å²) < 4.78 is 0. The minimum atomic E-state index is 0. The van der Waals surface area contributed by atoms with Gasteiger partial charge >= 0.3 is 0 Å². The predicted octanol–water partition coefficient (Wildman–Crippen LogP) is 4.61. The van der Waals surface area contributed by atoms with E-state index in [0.717, 1.165) is 39.0 Å². The molecule has 2 atom stereocenters. The molecule has 0 aliphatic carbocycles. The van der Waals surface area contributed by atoms with Crippen LogP contribution in [-0.4, -0.2) is 49.3 Å². The Morgan fingerprint density at radius 2 is 1.00 bits per heavy atom. The number of hydrogen-bond donors (Lipinski definition) is 0. The Bertz CT molecular complexity index is 253. The van der Waals surface area contributed by atoms with E-state index < -0.39 is 0 Å². The van der Waals surface area contributed by atoms with E-state index in [-0.39, 0.29) is 28.1 Å². The van der Waals surface area contributed by atoms with Crippen LogP contribution < -0.4 is 0 Å². The SMILES string of the molecule is CC1CC(C)(C)[N-]CC[N-]C(C)CC(C)(C)[N-]CC[N-]1.[Cu]. The van der Waals surface area contributed by atoms with Crippen LogP contribution in [0.3, 0.4) is 0 Å². The van der Waals surface area contributed by atoms with E-state index >= 15 is 0 Å². The Balaban J connectivity index is 0.00000400. The summed E-state index contributed by atoms with van der Waals surface area (Å²) >= 11 is 0. The third-order valence-corrected chi connectivity index (χ3v) is 3.75. The standard InChI is InChI=1S/C16H32N4.Cu/c1-13-11-15(3,4)19-10-8-18-14(2)12-16(5,6)20-9-7-17-13;/h13-14H,7-12H2,1-6H3;/q-4;. The zero-order valence-corrected chi connectivity index (χ0v) is 15.4. The molecule has 21 heavy (non-hydrogen) atoms. The fraction of sp³-hybridized carbons (Fsp3) is 1.00. The van der Waals surface area contributed by atoms with Crippen LogP contribution in [-0.2, 0) is 17.1 Å². The fourth-order valence-corrected chi connectivity index (χ4v) is 2.97. The van der Waals surface area contributed by atoms with E-state index in [0.29, 0.717) is 12.1 Å². The van der Waals surface area contributed by atoms with Crippen molar-refractivity contribution in [2.24, 2.45) is 0 Å². The molecule has 1 rings (SSSR count). The van der Waals surface area contributed by atoms with Gasteiger partial charge in [-0.3, -0.25) is 0 Å². The van der Waals surface area contributed by atoms with Gasteiger partial charge in [0.15, 0.2) is 0 Å². The molecule has 0 aromatic carbocycles. The van der Waals surface area contributed by atoms with Gasteiger partial charge < -0.3 is 21.3 Å². The molecule has 1 saturated heterocycles. The van der Waals surface area contributed by atoms with E-state index in [1.165, 1.54) is 0 Å². The normalized spacial score (nSPS) is 31.7. The smallest absolute Gasteiger partial charge is 0 e. The largest absolute Gasteiger partial charge is 0.661 e. The molecule has 5 heteroatoms. The molecule has 0 amide bonds. The van der Waals surface area contributed by atoms with Crippen molar-refractivity contribution in [3.8, 4) is 0 Å². The average Bonchev–Trinajstić information content (AvgIpc) is 2.28. The maximum absolute atomic E-state index is 4.79. The summed E-state index contributed by atoms with van der Waals surface area (Å²) in [6, 6.07) is 0.705. The fourth-order valence-electron chi connectivity index (χ4n) is 2.97. The summed E-state index contributed by atoms with van der Waals surface area (Å²) in [5.74, 6) is 0. The summed E-state index contributed by atoms with van der Waals surface area (Å²) in [6.45, 7) is 16.4. The van der Waals surface area contributed by atoms with Crippen LogP contribution in [0.15, 0.2) is 0 Å². The minimum absolute atomic E-state index is 0. The zero-order chi connectivity index (χ0) is 15.2. The van der Waals surface area contributed by atoms with Gasteiger partial charge in [-0.15, -0.1) is 23.2 Å². The first-order chi connectivity index (χ1) is 9.20. The van der Waals surface area contributed by atoms with E-state index in [4.69, 9.17) is 21.3 Å². The van der Waals surface area contributed by atoms with Gasteiger partial charge in [0.2, 0.25) is 0 Å². The third kappa shape index (κ3) is 9.88. The van der Waals surface area contributed by atoms with Crippen molar-refractivity contribution >= 4 is 0 Å².